The number of fused-ring (bicyclic) bond motifs is 2. The van der Waals surface area contributed by atoms with Crippen molar-refractivity contribution in [3.05, 3.63) is 30.0 Å². The van der Waals surface area contributed by atoms with Gasteiger partial charge in [0.05, 0.1) is 12.5 Å². The van der Waals surface area contributed by atoms with Crippen LogP contribution in [0, 0.1) is 11.8 Å². The lowest BCUT2D eigenvalue weighted by Crippen LogP contribution is -2.55. The summed E-state index contributed by atoms with van der Waals surface area (Å²) in [6, 6.07) is 7.92. The van der Waals surface area contributed by atoms with E-state index in [0.29, 0.717) is 11.8 Å². The molecule has 3 aliphatic rings. The van der Waals surface area contributed by atoms with Gasteiger partial charge in [-0.2, -0.15) is 0 Å². The van der Waals surface area contributed by atoms with Gasteiger partial charge in [0.15, 0.2) is 5.58 Å². The predicted molar refractivity (Wildman–Crippen MR) is 109 cm³/mol. The van der Waals surface area contributed by atoms with Crippen molar-refractivity contribution in [3.63, 3.8) is 0 Å². The van der Waals surface area contributed by atoms with Gasteiger partial charge < -0.3 is 19.4 Å². The Balaban J connectivity index is 1.23. The zero-order valence-electron chi connectivity index (χ0n) is 17.0. The Hall–Kier alpha value is -1.96. The van der Waals surface area contributed by atoms with Gasteiger partial charge in [-0.05, 0) is 43.9 Å². The third kappa shape index (κ3) is 3.67. The Kier molecular flexibility index (Phi) is 5.05. The zero-order valence-corrected chi connectivity index (χ0v) is 17.0. The minimum absolute atomic E-state index is 0.115. The zero-order chi connectivity index (χ0) is 20.0. The van der Waals surface area contributed by atoms with Gasteiger partial charge in [-0.1, -0.05) is 17.3 Å². The molecule has 5 rings (SSSR count). The first kappa shape index (κ1) is 19.0. The van der Waals surface area contributed by atoms with Crippen LogP contribution in [0.15, 0.2) is 28.8 Å². The molecule has 0 bridgehead atoms. The van der Waals surface area contributed by atoms with Crippen molar-refractivity contribution < 1.29 is 14.4 Å². The summed E-state index contributed by atoms with van der Waals surface area (Å²) < 4.78 is 5.35. The van der Waals surface area contributed by atoms with Crippen LogP contribution in [0.5, 0.6) is 0 Å². The highest BCUT2D eigenvalue weighted by atomic mass is 16.5. The van der Waals surface area contributed by atoms with Crippen LogP contribution in [0.1, 0.15) is 18.5 Å². The molecular formula is C22H30N4O3. The van der Waals surface area contributed by atoms with Gasteiger partial charge in [0, 0.05) is 50.7 Å². The van der Waals surface area contributed by atoms with E-state index in [-0.39, 0.29) is 24.5 Å². The smallest absolute Gasteiger partial charge is 0.228 e. The topological polar surface area (TPSA) is 73.0 Å². The summed E-state index contributed by atoms with van der Waals surface area (Å²) in [6.07, 6.45) is 1.79. The summed E-state index contributed by atoms with van der Waals surface area (Å²) >= 11 is 0. The second-order valence-corrected chi connectivity index (χ2v) is 9.07. The molecule has 1 saturated carbocycles. The van der Waals surface area contributed by atoms with Crippen LogP contribution < -0.4 is 0 Å². The van der Waals surface area contributed by atoms with E-state index in [0.717, 1.165) is 68.8 Å². The molecule has 1 amide bonds. The Morgan fingerprint density at radius 2 is 1.86 bits per heavy atom. The number of aliphatic hydroxyl groups excluding tert-OH is 1. The van der Waals surface area contributed by atoms with Gasteiger partial charge in [0.2, 0.25) is 5.91 Å². The molecule has 3 fully saturated rings. The number of aliphatic hydroxyl groups is 1. The van der Waals surface area contributed by atoms with Crippen LogP contribution in [-0.4, -0.2) is 89.3 Å². The number of benzene rings is 1. The monoisotopic (exact) mass is 398 g/mol. The number of nitrogens with zero attached hydrogens (tertiary/aromatic N) is 4. The van der Waals surface area contributed by atoms with Crippen molar-refractivity contribution in [2.24, 2.45) is 11.8 Å². The first-order valence-electron chi connectivity index (χ1n) is 10.8. The lowest BCUT2D eigenvalue weighted by Gasteiger charge is -2.44. The maximum absolute atomic E-state index is 13.0. The Labute approximate surface area is 171 Å². The Morgan fingerprint density at radius 1 is 1.14 bits per heavy atom. The van der Waals surface area contributed by atoms with Gasteiger partial charge >= 0.3 is 0 Å². The lowest BCUT2D eigenvalue weighted by molar-refractivity contribution is -0.129. The molecular weight excluding hydrogens is 368 g/mol. The molecule has 1 aromatic carbocycles. The average molecular weight is 399 g/mol. The van der Waals surface area contributed by atoms with Gasteiger partial charge in [-0.3, -0.25) is 9.69 Å². The van der Waals surface area contributed by atoms with E-state index < -0.39 is 0 Å². The summed E-state index contributed by atoms with van der Waals surface area (Å²) in [5.74, 6) is 1.01. The molecule has 156 valence electrons. The molecule has 1 aliphatic carbocycles. The predicted octanol–water partition coefficient (Wildman–Crippen LogP) is 1.22. The summed E-state index contributed by atoms with van der Waals surface area (Å²) in [5.41, 5.74) is 1.44. The van der Waals surface area contributed by atoms with Crippen molar-refractivity contribution in [1.29, 1.82) is 0 Å². The number of carbonyl (C=O) groups is 1. The largest absolute Gasteiger partial charge is 0.391 e. The summed E-state index contributed by atoms with van der Waals surface area (Å²) in [6.45, 7) is 5.73. The molecule has 4 atom stereocenters. The van der Waals surface area contributed by atoms with Crippen molar-refractivity contribution in [2.75, 3.05) is 46.3 Å². The van der Waals surface area contributed by atoms with Gasteiger partial charge in [0.25, 0.3) is 0 Å². The fraction of sp³-hybridized carbons (Fsp3) is 0.636. The highest BCUT2D eigenvalue weighted by Gasteiger charge is 2.44. The minimum atomic E-state index is -0.283. The molecule has 2 aliphatic heterocycles. The van der Waals surface area contributed by atoms with E-state index >= 15 is 0 Å². The van der Waals surface area contributed by atoms with Gasteiger partial charge in [-0.15, -0.1) is 0 Å². The molecule has 0 unspecified atom stereocenters. The first-order valence-corrected chi connectivity index (χ1v) is 10.8. The third-order valence-corrected chi connectivity index (χ3v) is 7.24. The molecule has 0 spiro atoms. The van der Waals surface area contributed by atoms with E-state index in [9.17, 15) is 9.90 Å². The molecule has 3 heterocycles. The highest BCUT2D eigenvalue weighted by molar-refractivity contribution is 5.86. The third-order valence-electron chi connectivity index (χ3n) is 7.24. The van der Waals surface area contributed by atoms with Crippen molar-refractivity contribution in [3.8, 4) is 0 Å². The van der Waals surface area contributed by atoms with E-state index in [1.54, 1.807) is 0 Å². The second kappa shape index (κ2) is 7.70. The quantitative estimate of drug-likeness (QED) is 0.838. The number of rotatable bonds is 3. The fourth-order valence-electron chi connectivity index (χ4n) is 5.48. The maximum atomic E-state index is 13.0. The van der Waals surface area contributed by atoms with E-state index in [1.807, 2.05) is 29.2 Å². The number of hydrogen-bond acceptors (Lipinski definition) is 6. The first-order chi connectivity index (χ1) is 14.1. The molecule has 0 radical (unpaired) electrons. The van der Waals surface area contributed by atoms with Crippen LogP contribution in [0.2, 0.25) is 0 Å². The molecule has 7 nitrogen and oxygen atoms in total. The van der Waals surface area contributed by atoms with Crippen molar-refractivity contribution >= 4 is 16.9 Å². The molecule has 2 saturated heterocycles. The van der Waals surface area contributed by atoms with Crippen LogP contribution in [-0.2, 0) is 11.2 Å². The van der Waals surface area contributed by atoms with Crippen LogP contribution in [0.25, 0.3) is 11.0 Å². The standard InChI is InChI=1S/C22H30N4O3/c1-24-6-8-25(9-7-24)19-10-15-13-26(14-16(15)11-20(19)27)22(28)12-18-17-4-2-3-5-21(17)29-23-18/h2-5,15-16,19-20,27H,6-14H2,1H3/t15-,16+,19-,20-/m1/s1. The number of piperazine rings is 1. The molecule has 7 heteroatoms. The van der Waals surface area contributed by atoms with Crippen LogP contribution in [0.3, 0.4) is 0 Å². The average Bonchev–Trinajstić information content (AvgIpc) is 3.32. The second-order valence-electron chi connectivity index (χ2n) is 9.07. The van der Waals surface area contributed by atoms with Gasteiger partial charge in [0.1, 0.15) is 5.69 Å². The molecule has 1 N–H and O–H groups in total. The maximum Gasteiger partial charge on any atom is 0.228 e. The number of para-hydroxylation sites is 1. The van der Waals surface area contributed by atoms with Crippen molar-refractivity contribution in [2.45, 2.75) is 31.4 Å². The van der Waals surface area contributed by atoms with E-state index in [4.69, 9.17) is 4.52 Å². The van der Waals surface area contributed by atoms with E-state index in [2.05, 4.69) is 22.0 Å². The minimum Gasteiger partial charge on any atom is -0.391 e. The lowest BCUT2D eigenvalue weighted by atomic mass is 9.77. The van der Waals surface area contributed by atoms with Crippen LogP contribution in [0.4, 0.5) is 0 Å². The SMILES string of the molecule is CN1CCN([C@@H]2C[C@@H]3CN(C(=O)Cc4noc5ccccc45)C[C@@H]3C[C@H]2O)CC1. The van der Waals surface area contributed by atoms with Crippen molar-refractivity contribution in [1.82, 2.24) is 19.9 Å². The van der Waals surface area contributed by atoms with Gasteiger partial charge in [-0.25, -0.2) is 0 Å². The Bertz CT molecular complexity index is 876. The Morgan fingerprint density at radius 3 is 2.66 bits per heavy atom. The van der Waals surface area contributed by atoms with E-state index in [1.165, 1.54) is 0 Å². The summed E-state index contributed by atoms with van der Waals surface area (Å²) in [4.78, 5) is 19.8. The number of hydrogen-bond donors (Lipinski definition) is 1. The number of likely N-dealkylation sites (tertiary alicyclic amines) is 1. The molecule has 1 aromatic heterocycles. The molecule has 2 aromatic rings. The number of likely N-dealkylation sites (N-methyl/N-ethyl adjacent to an activating group) is 1. The summed E-state index contributed by atoms with van der Waals surface area (Å²) in [7, 11) is 2.16. The molecule has 29 heavy (non-hydrogen) atoms. The summed E-state index contributed by atoms with van der Waals surface area (Å²) in [5, 5.41) is 15.8. The number of amides is 1. The number of carbonyl (C=O) groups excluding carboxylic acids is 1. The fourth-order valence-corrected chi connectivity index (χ4v) is 5.48. The normalized spacial score (nSPS) is 31.3. The highest BCUT2D eigenvalue weighted by Crippen LogP contribution is 2.38. The number of aromatic nitrogens is 1. The van der Waals surface area contributed by atoms with Crippen LogP contribution >= 0.6 is 0 Å².